The van der Waals surface area contributed by atoms with Crippen molar-refractivity contribution in [3.63, 3.8) is 0 Å². The van der Waals surface area contributed by atoms with E-state index in [0.717, 1.165) is 50.5 Å². The van der Waals surface area contributed by atoms with Gasteiger partial charge >= 0.3 is 0 Å². The molecule has 2 fully saturated rings. The van der Waals surface area contributed by atoms with Crippen LogP contribution in [0.25, 0.3) is 0 Å². The van der Waals surface area contributed by atoms with E-state index in [1.54, 1.807) is 16.8 Å². The Labute approximate surface area is 147 Å². The lowest BCUT2D eigenvalue weighted by atomic mass is 9.96. The molecule has 0 unspecified atom stereocenters. The van der Waals surface area contributed by atoms with Gasteiger partial charge in [0, 0.05) is 43.0 Å². The van der Waals surface area contributed by atoms with Gasteiger partial charge in [-0.1, -0.05) is 0 Å². The quantitative estimate of drug-likeness (QED) is 0.835. The van der Waals surface area contributed by atoms with Crippen LogP contribution in [0.5, 0.6) is 0 Å². The Morgan fingerprint density at radius 2 is 1.80 bits per heavy atom. The Bertz CT molecular complexity index is 773. The summed E-state index contributed by atoms with van der Waals surface area (Å²) in [5, 5.41) is 4.36. The minimum absolute atomic E-state index is 0.000862. The van der Waals surface area contributed by atoms with E-state index in [1.807, 2.05) is 19.3 Å². The molecular formula is C19H25N5O. The van der Waals surface area contributed by atoms with E-state index in [-0.39, 0.29) is 5.56 Å². The van der Waals surface area contributed by atoms with Crippen molar-refractivity contribution < 1.29 is 0 Å². The van der Waals surface area contributed by atoms with Crippen LogP contribution in [0.2, 0.25) is 0 Å². The summed E-state index contributed by atoms with van der Waals surface area (Å²) >= 11 is 0. The second kappa shape index (κ2) is 7.04. The maximum atomic E-state index is 11.9. The minimum Gasteiger partial charge on any atom is -0.299 e. The summed E-state index contributed by atoms with van der Waals surface area (Å²) in [6.07, 6.45) is 8.66. The average molecular weight is 339 g/mol. The van der Waals surface area contributed by atoms with Crippen LogP contribution in [-0.4, -0.2) is 37.7 Å². The standard InChI is InChI=1S/C19H25N5O/c1-14-2-5-18(25)24(22-14)13-15-6-8-23(9-7-15)12-16-10-20-19(21-11-16)17-3-4-17/h2,5,10-11,15,17H,3-4,6-9,12-13H2,1H3. The number of hydrogen-bond acceptors (Lipinski definition) is 5. The molecule has 0 radical (unpaired) electrons. The lowest BCUT2D eigenvalue weighted by Crippen LogP contribution is -2.36. The fourth-order valence-electron chi connectivity index (χ4n) is 3.51. The SMILES string of the molecule is Cc1ccc(=O)n(CC2CCN(Cc3cnc(C4CC4)nc3)CC2)n1. The van der Waals surface area contributed by atoms with Crippen LogP contribution in [0.1, 0.15) is 48.7 Å². The maximum absolute atomic E-state index is 11.9. The van der Waals surface area contributed by atoms with E-state index >= 15 is 0 Å². The highest BCUT2D eigenvalue weighted by atomic mass is 16.1. The molecule has 1 saturated carbocycles. The molecule has 2 aromatic heterocycles. The van der Waals surface area contributed by atoms with E-state index in [9.17, 15) is 4.79 Å². The first-order chi connectivity index (χ1) is 12.2. The largest absolute Gasteiger partial charge is 0.299 e. The van der Waals surface area contributed by atoms with E-state index < -0.39 is 0 Å². The van der Waals surface area contributed by atoms with Crippen LogP contribution in [0, 0.1) is 12.8 Å². The summed E-state index contributed by atoms with van der Waals surface area (Å²) in [6.45, 7) is 5.67. The van der Waals surface area contributed by atoms with Crippen LogP contribution in [0.3, 0.4) is 0 Å². The summed E-state index contributed by atoms with van der Waals surface area (Å²) < 4.78 is 1.63. The molecule has 0 bridgehead atoms. The Balaban J connectivity index is 1.29. The van der Waals surface area contributed by atoms with Gasteiger partial charge in [-0.05, 0) is 57.7 Å². The first-order valence-corrected chi connectivity index (χ1v) is 9.25. The number of likely N-dealkylation sites (tertiary alicyclic amines) is 1. The Kier molecular flexibility index (Phi) is 4.61. The molecule has 6 nitrogen and oxygen atoms in total. The number of aryl methyl sites for hydroxylation is 1. The fourth-order valence-corrected chi connectivity index (χ4v) is 3.51. The molecule has 1 aliphatic heterocycles. The third-order valence-corrected chi connectivity index (χ3v) is 5.21. The van der Waals surface area contributed by atoms with Crippen molar-refractivity contribution >= 4 is 0 Å². The zero-order chi connectivity index (χ0) is 17.2. The van der Waals surface area contributed by atoms with Gasteiger partial charge in [0.2, 0.25) is 0 Å². The molecule has 0 aromatic carbocycles. The van der Waals surface area contributed by atoms with Crippen LogP contribution in [0.4, 0.5) is 0 Å². The van der Waals surface area contributed by atoms with Gasteiger partial charge in [-0.3, -0.25) is 9.69 Å². The van der Waals surface area contributed by atoms with Gasteiger partial charge in [0.25, 0.3) is 5.56 Å². The zero-order valence-corrected chi connectivity index (χ0v) is 14.8. The van der Waals surface area contributed by atoms with Gasteiger partial charge in [-0.25, -0.2) is 14.6 Å². The van der Waals surface area contributed by atoms with Crippen molar-refractivity contribution in [2.75, 3.05) is 13.1 Å². The van der Waals surface area contributed by atoms with Crippen LogP contribution < -0.4 is 5.56 Å². The number of aromatic nitrogens is 4. The summed E-state index contributed by atoms with van der Waals surface area (Å²) in [6, 6.07) is 3.39. The van der Waals surface area contributed by atoms with Gasteiger partial charge in [0.05, 0.1) is 5.69 Å². The molecule has 1 aliphatic carbocycles. The predicted molar refractivity (Wildman–Crippen MR) is 95.2 cm³/mol. The number of rotatable bonds is 5. The molecule has 25 heavy (non-hydrogen) atoms. The molecule has 6 heteroatoms. The average Bonchev–Trinajstić information content (AvgIpc) is 3.46. The van der Waals surface area contributed by atoms with Crippen molar-refractivity contribution in [2.45, 2.75) is 51.6 Å². The molecule has 3 heterocycles. The van der Waals surface area contributed by atoms with Crippen LogP contribution in [0.15, 0.2) is 29.3 Å². The summed E-state index contributed by atoms with van der Waals surface area (Å²) in [5.41, 5.74) is 2.09. The molecule has 0 atom stereocenters. The predicted octanol–water partition coefficient (Wildman–Crippen LogP) is 2.13. The van der Waals surface area contributed by atoms with E-state index in [1.165, 1.54) is 18.4 Å². The van der Waals surface area contributed by atoms with Crippen molar-refractivity contribution in [3.8, 4) is 0 Å². The molecule has 2 aliphatic rings. The first kappa shape index (κ1) is 16.4. The minimum atomic E-state index is 0.000862. The fraction of sp³-hybridized carbons (Fsp3) is 0.579. The van der Waals surface area contributed by atoms with Gasteiger partial charge < -0.3 is 0 Å². The summed E-state index contributed by atoms with van der Waals surface area (Å²) in [4.78, 5) is 23.4. The zero-order valence-electron chi connectivity index (χ0n) is 14.8. The van der Waals surface area contributed by atoms with Gasteiger partial charge in [0.15, 0.2) is 0 Å². The molecule has 132 valence electrons. The van der Waals surface area contributed by atoms with Crippen molar-refractivity contribution in [3.05, 3.63) is 52.0 Å². The summed E-state index contributed by atoms with van der Waals surface area (Å²) in [5.74, 6) is 2.15. The third-order valence-electron chi connectivity index (χ3n) is 5.21. The highest BCUT2D eigenvalue weighted by Gasteiger charge is 2.26. The molecule has 1 saturated heterocycles. The normalized spacial score (nSPS) is 19.2. The highest BCUT2D eigenvalue weighted by molar-refractivity contribution is 5.10. The Hall–Kier alpha value is -2.08. The van der Waals surface area contributed by atoms with Crippen LogP contribution in [-0.2, 0) is 13.1 Å². The molecule has 2 aromatic rings. The third kappa shape index (κ3) is 4.12. The van der Waals surface area contributed by atoms with Crippen molar-refractivity contribution in [1.82, 2.24) is 24.6 Å². The molecule has 4 rings (SSSR count). The van der Waals surface area contributed by atoms with Gasteiger partial charge in [-0.15, -0.1) is 0 Å². The second-order valence-corrected chi connectivity index (χ2v) is 7.44. The number of hydrogen-bond donors (Lipinski definition) is 0. The lowest BCUT2D eigenvalue weighted by Gasteiger charge is -2.31. The molecule has 0 spiro atoms. The number of piperidine rings is 1. The highest BCUT2D eigenvalue weighted by Crippen LogP contribution is 2.37. The van der Waals surface area contributed by atoms with E-state index in [0.29, 0.717) is 11.8 Å². The second-order valence-electron chi connectivity index (χ2n) is 7.44. The van der Waals surface area contributed by atoms with E-state index in [2.05, 4.69) is 20.0 Å². The topological polar surface area (TPSA) is 63.9 Å². The molecule has 0 amide bonds. The number of nitrogens with zero attached hydrogens (tertiary/aromatic N) is 5. The Morgan fingerprint density at radius 3 is 2.48 bits per heavy atom. The van der Waals surface area contributed by atoms with Crippen molar-refractivity contribution in [2.24, 2.45) is 5.92 Å². The first-order valence-electron chi connectivity index (χ1n) is 9.25. The summed E-state index contributed by atoms with van der Waals surface area (Å²) in [7, 11) is 0. The van der Waals surface area contributed by atoms with Crippen LogP contribution >= 0.6 is 0 Å². The van der Waals surface area contributed by atoms with E-state index in [4.69, 9.17) is 0 Å². The van der Waals surface area contributed by atoms with Gasteiger partial charge in [0.1, 0.15) is 5.82 Å². The molecular weight excluding hydrogens is 314 g/mol. The monoisotopic (exact) mass is 339 g/mol. The maximum Gasteiger partial charge on any atom is 0.266 e. The Morgan fingerprint density at radius 1 is 1.08 bits per heavy atom. The van der Waals surface area contributed by atoms with Gasteiger partial charge in [-0.2, -0.15) is 5.10 Å². The lowest BCUT2D eigenvalue weighted by molar-refractivity contribution is 0.163. The molecule has 0 N–H and O–H groups in total. The smallest absolute Gasteiger partial charge is 0.266 e. The van der Waals surface area contributed by atoms with Crippen molar-refractivity contribution in [1.29, 1.82) is 0 Å².